The number of benzene rings is 1. The Hall–Kier alpha value is -2.61. The number of aromatic amines is 1. The number of hydrogen-bond acceptors (Lipinski definition) is 5. The van der Waals surface area contributed by atoms with Crippen LogP contribution in [0.2, 0.25) is 0 Å². The fourth-order valence-corrected chi connectivity index (χ4v) is 4.07. The molecule has 1 atom stereocenters. The number of nitrogens with zero attached hydrogens (tertiary/aromatic N) is 2. The monoisotopic (exact) mass is 389 g/mol. The lowest BCUT2D eigenvalue weighted by Gasteiger charge is -2.44. The van der Waals surface area contributed by atoms with Gasteiger partial charge in [0.15, 0.2) is 5.69 Å². The summed E-state index contributed by atoms with van der Waals surface area (Å²) >= 11 is 0. The van der Waals surface area contributed by atoms with Crippen LogP contribution in [0, 0.1) is 5.92 Å². The molecular formula is C20H31N5O3. The molecule has 0 radical (unpaired) electrons. The number of aromatic nitrogens is 2. The highest BCUT2D eigenvalue weighted by atomic mass is 16.3. The van der Waals surface area contributed by atoms with Gasteiger partial charge >= 0.3 is 0 Å². The molecule has 154 valence electrons. The summed E-state index contributed by atoms with van der Waals surface area (Å²) in [6.45, 7) is 6.20. The topological polar surface area (TPSA) is 110 Å². The number of anilines is 1. The number of unbranched alkanes of at least 4 members (excludes halogenated alkanes) is 1. The van der Waals surface area contributed by atoms with Crippen molar-refractivity contribution in [2.24, 2.45) is 5.92 Å². The van der Waals surface area contributed by atoms with Crippen molar-refractivity contribution in [1.29, 1.82) is 0 Å². The first-order valence-electron chi connectivity index (χ1n) is 9.99. The fraction of sp³-hybridized carbons (Fsp3) is 0.550. The largest absolute Gasteiger partial charge is 0.483 e. The minimum absolute atomic E-state index is 0. The second-order valence-corrected chi connectivity index (χ2v) is 7.44. The Kier molecular flexibility index (Phi) is 6.86. The van der Waals surface area contributed by atoms with E-state index in [2.05, 4.69) is 32.7 Å². The first-order valence-corrected chi connectivity index (χ1v) is 9.99. The van der Waals surface area contributed by atoms with Crippen LogP contribution in [0.3, 0.4) is 0 Å². The van der Waals surface area contributed by atoms with E-state index < -0.39 is 0 Å². The van der Waals surface area contributed by atoms with Crippen molar-refractivity contribution in [3.8, 4) is 0 Å². The van der Waals surface area contributed by atoms with Gasteiger partial charge in [-0.05, 0) is 56.5 Å². The molecule has 4 heterocycles. The van der Waals surface area contributed by atoms with Crippen molar-refractivity contribution < 1.29 is 16.1 Å². The van der Waals surface area contributed by atoms with E-state index in [0.717, 1.165) is 42.5 Å². The number of carbonyl (C=O) groups is 2. The third-order valence-corrected chi connectivity index (χ3v) is 5.61. The van der Waals surface area contributed by atoms with Crippen LogP contribution >= 0.6 is 0 Å². The summed E-state index contributed by atoms with van der Waals surface area (Å²) in [6.07, 6.45) is 4.68. The van der Waals surface area contributed by atoms with Crippen LogP contribution < -0.4 is 10.6 Å². The van der Waals surface area contributed by atoms with E-state index in [1.165, 1.54) is 25.9 Å². The van der Waals surface area contributed by atoms with Crippen molar-refractivity contribution >= 4 is 29.0 Å². The van der Waals surface area contributed by atoms with Crippen LogP contribution in [0.25, 0.3) is 10.9 Å². The van der Waals surface area contributed by atoms with Gasteiger partial charge in [0.25, 0.3) is 12.4 Å². The summed E-state index contributed by atoms with van der Waals surface area (Å²) in [4.78, 5) is 23.6. The third kappa shape index (κ3) is 4.62. The molecule has 4 N–H and O–H groups in total. The molecule has 1 amide bonds. The van der Waals surface area contributed by atoms with Gasteiger partial charge in [-0.2, -0.15) is 5.10 Å². The molecule has 3 saturated heterocycles. The number of carbonyl (C=O) groups excluding carboxylic acids is 1. The first kappa shape index (κ1) is 20.1. The van der Waals surface area contributed by atoms with E-state index >= 15 is 0 Å². The zero-order chi connectivity index (χ0) is 19.9. The SMILES string of the molecule is CCCCNc1ccc2[nH]nc(C(=O)N[C@H]3CN4CCC3CC4)c2c1.O=CO.[HH]. The second-order valence-electron chi connectivity index (χ2n) is 7.44. The molecule has 0 saturated carbocycles. The molecule has 5 rings (SSSR count). The van der Waals surface area contributed by atoms with Crippen molar-refractivity contribution in [3.63, 3.8) is 0 Å². The Bertz CT molecular complexity index is 805. The normalized spacial score (nSPS) is 23.0. The highest BCUT2D eigenvalue weighted by Gasteiger charge is 2.35. The Morgan fingerprint density at radius 2 is 2.18 bits per heavy atom. The molecular weight excluding hydrogens is 358 g/mol. The van der Waals surface area contributed by atoms with Crippen LogP contribution in [0.15, 0.2) is 18.2 Å². The van der Waals surface area contributed by atoms with Gasteiger partial charge in [0.2, 0.25) is 0 Å². The van der Waals surface area contributed by atoms with Crippen molar-refractivity contribution in [3.05, 3.63) is 23.9 Å². The van der Waals surface area contributed by atoms with Crippen LogP contribution in [0.4, 0.5) is 5.69 Å². The lowest BCUT2D eigenvalue weighted by Crippen LogP contribution is -2.57. The number of carboxylic acid groups (broad SMARTS) is 1. The van der Waals surface area contributed by atoms with E-state index in [1.54, 1.807) is 0 Å². The van der Waals surface area contributed by atoms with E-state index in [0.29, 0.717) is 11.6 Å². The Morgan fingerprint density at radius 1 is 1.43 bits per heavy atom. The summed E-state index contributed by atoms with van der Waals surface area (Å²) < 4.78 is 0. The van der Waals surface area contributed by atoms with Crippen LogP contribution in [-0.4, -0.2) is 64.8 Å². The molecule has 3 aliphatic rings. The smallest absolute Gasteiger partial charge is 0.290 e. The summed E-state index contributed by atoms with van der Waals surface area (Å²) in [5.74, 6) is 0.557. The van der Waals surface area contributed by atoms with Gasteiger partial charge in [0.05, 0.1) is 5.52 Å². The van der Waals surface area contributed by atoms with Crippen LogP contribution in [0.1, 0.15) is 44.5 Å². The predicted molar refractivity (Wildman–Crippen MR) is 111 cm³/mol. The van der Waals surface area contributed by atoms with Gasteiger partial charge in [-0.1, -0.05) is 13.3 Å². The molecule has 1 aromatic carbocycles. The lowest BCUT2D eigenvalue weighted by molar-refractivity contribution is -0.122. The molecule has 28 heavy (non-hydrogen) atoms. The summed E-state index contributed by atoms with van der Waals surface area (Å²) in [5, 5.41) is 21.7. The maximum Gasteiger partial charge on any atom is 0.290 e. The zero-order valence-electron chi connectivity index (χ0n) is 16.3. The van der Waals surface area contributed by atoms with Crippen LogP contribution in [-0.2, 0) is 4.79 Å². The van der Waals surface area contributed by atoms with Crippen LogP contribution in [0.5, 0.6) is 0 Å². The molecule has 2 aromatic rings. The van der Waals surface area contributed by atoms with Gasteiger partial charge in [-0.25, -0.2) is 0 Å². The molecule has 0 spiro atoms. The Morgan fingerprint density at radius 3 is 2.82 bits per heavy atom. The maximum absolute atomic E-state index is 12.8. The second kappa shape index (κ2) is 9.54. The van der Waals surface area contributed by atoms with Gasteiger partial charge < -0.3 is 20.6 Å². The quantitative estimate of drug-likeness (QED) is 0.446. The average Bonchev–Trinajstić information content (AvgIpc) is 3.13. The molecule has 0 unspecified atom stereocenters. The van der Waals surface area contributed by atoms with E-state index in [1.807, 2.05) is 18.2 Å². The number of piperidine rings is 3. The molecule has 1 aromatic heterocycles. The first-order chi connectivity index (χ1) is 13.7. The van der Waals surface area contributed by atoms with Crippen molar-refractivity contribution in [2.75, 3.05) is 31.5 Å². The number of fused-ring (bicyclic) bond motifs is 4. The van der Waals surface area contributed by atoms with Crippen molar-refractivity contribution in [1.82, 2.24) is 20.4 Å². The zero-order valence-corrected chi connectivity index (χ0v) is 16.3. The van der Waals surface area contributed by atoms with Gasteiger partial charge in [-0.15, -0.1) is 0 Å². The number of hydrogen-bond donors (Lipinski definition) is 4. The lowest BCUT2D eigenvalue weighted by atomic mass is 9.84. The molecule has 8 heteroatoms. The highest BCUT2D eigenvalue weighted by Crippen LogP contribution is 2.28. The number of nitrogens with one attached hydrogen (secondary N) is 3. The number of H-pyrrole nitrogens is 1. The summed E-state index contributed by atoms with van der Waals surface area (Å²) in [6, 6.07) is 6.31. The molecule has 3 aliphatic heterocycles. The summed E-state index contributed by atoms with van der Waals surface area (Å²) in [5.41, 5.74) is 2.45. The molecule has 0 aliphatic carbocycles. The van der Waals surface area contributed by atoms with Gasteiger partial charge in [0, 0.05) is 31.6 Å². The van der Waals surface area contributed by atoms with Gasteiger partial charge in [0.1, 0.15) is 0 Å². The Labute approximate surface area is 166 Å². The maximum atomic E-state index is 12.8. The number of amides is 1. The number of rotatable bonds is 6. The van der Waals surface area contributed by atoms with E-state index in [4.69, 9.17) is 9.90 Å². The standard InChI is InChI=1S/C19H27N5O.CH2O2.H2/c1-2-3-8-20-14-4-5-16-15(11-14)18(23-22-16)19(25)21-17-12-24-9-6-13(17)7-10-24;2-1-3;/h4-5,11,13,17,20H,2-3,6-10,12H2,1H3,(H,21,25)(H,22,23);1H,(H,2,3);1H/t17-;;/m0../s1. The average molecular weight is 390 g/mol. The third-order valence-electron chi connectivity index (χ3n) is 5.61. The highest BCUT2D eigenvalue weighted by molar-refractivity contribution is 6.05. The minimum atomic E-state index is -0.250. The van der Waals surface area contributed by atoms with E-state index in [-0.39, 0.29) is 19.8 Å². The predicted octanol–water partition coefficient (Wildman–Crippen LogP) is 2.55. The Balaban J connectivity index is 0.000000708. The molecule has 3 fully saturated rings. The van der Waals surface area contributed by atoms with Gasteiger partial charge in [-0.3, -0.25) is 14.7 Å². The van der Waals surface area contributed by atoms with Crippen molar-refractivity contribution in [2.45, 2.75) is 38.6 Å². The van der Waals surface area contributed by atoms with E-state index in [9.17, 15) is 4.79 Å². The summed E-state index contributed by atoms with van der Waals surface area (Å²) in [7, 11) is 0. The molecule has 2 bridgehead atoms. The molecule has 8 nitrogen and oxygen atoms in total. The fourth-order valence-electron chi connectivity index (χ4n) is 4.07. The minimum Gasteiger partial charge on any atom is -0.483 e.